The summed E-state index contributed by atoms with van der Waals surface area (Å²) in [5.74, 6) is 0.705. The lowest BCUT2D eigenvalue weighted by Crippen LogP contribution is -2.14. The highest BCUT2D eigenvalue weighted by Crippen LogP contribution is 2.42. The Balaban J connectivity index is 0.722. The zero-order chi connectivity index (χ0) is 91.8. The number of aryl methyl sites for hydroxylation is 1. The third kappa shape index (κ3) is 26.4. The highest BCUT2D eigenvalue weighted by atomic mass is 16.6. The molecule has 0 saturated carbocycles. The Labute approximate surface area is 767 Å². The van der Waals surface area contributed by atoms with Crippen LogP contribution in [-0.4, -0.2) is 62.9 Å². The Bertz CT molecular complexity index is 6290. The maximum atomic E-state index is 14.4. The van der Waals surface area contributed by atoms with E-state index < -0.39 is 29.8 Å². The van der Waals surface area contributed by atoms with E-state index in [0.717, 1.165) is 66.8 Å². The molecule has 0 fully saturated rings. The van der Waals surface area contributed by atoms with Crippen LogP contribution in [0.1, 0.15) is 163 Å². The van der Waals surface area contributed by atoms with E-state index in [4.69, 9.17) is 47.4 Å². The summed E-state index contributed by atoms with van der Waals surface area (Å²) in [6.07, 6.45) is 5.05. The first-order valence-corrected chi connectivity index (χ1v) is 44.2. The number of rotatable bonds is 40. The van der Waals surface area contributed by atoms with E-state index in [1.165, 1.54) is 0 Å². The fraction of sp³-hybridized carbons (Fsp3) is 0.214. The number of esters is 5. The highest BCUT2D eigenvalue weighted by Gasteiger charge is 2.27. The van der Waals surface area contributed by atoms with Crippen molar-refractivity contribution in [1.29, 1.82) is 26.3 Å². The molecule has 13 aromatic rings. The Morgan fingerprint density at radius 2 is 0.379 bits per heavy atom. The normalized spacial score (nSPS) is 11.1. The molecule has 1 aliphatic carbocycles. The minimum atomic E-state index is -0.600. The Morgan fingerprint density at radius 3 is 0.561 bits per heavy atom. The van der Waals surface area contributed by atoms with Crippen LogP contribution in [0.15, 0.2) is 279 Å². The quantitative estimate of drug-likeness (QED) is 0.0196. The molecule has 14 rings (SSSR count). The minimum Gasteiger partial charge on any atom is -0.494 e. The zero-order valence-electron chi connectivity index (χ0n) is 73.2. The van der Waals surface area contributed by atoms with Gasteiger partial charge in [0.2, 0.25) is 0 Å². The molecular weight excluding hydrogens is 1660 g/mol. The zero-order valence-corrected chi connectivity index (χ0v) is 73.2. The number of hydrogen-bond donors (Lipinski definition) is 0. The Morgan fingerprint density at radius 1 is 0.220 bits per heavy atom. The monoisotopic (exact) mass is 1750 g/mol. The number of fused-ring (bicyclic) bond motifs is 3. The highest BCUT2D eigenvalue weighted by molar-refractivity contribution is 5.80. The molecule has 0 unspecified atom stereocenters. The third-order valence-corrected chi connectivity index (χ3v) is 22.5. The number of nitriles is 5. The van der Waals surface area contributed by atoms with Gasteiger partial charge in [-0.2, -0.15) is 26.3 Å². The van der Waals surface area contributed by atoms with Gasteiger partial charge < -0.3 is 47.4 Å². The van der Waals surface area contributed by atoms with Gasteiger partial charge in [-0.3, -0.25) is 24.0 Å². The lowest BCUT2D eigenvalue weighted by Gasteiger charge is -2.18. The number of ether oxygens (including phenoxy) is 10. The molecule has 0 aliphatic heterocycles. The molecule has 0 aromatic heterocycles. The summed E-state index contributed by atoms with van der Waals surface area (Å²) in [6.45, 7) is 3.41. The number of hydrogen-bond acceptors (Lipinski definition) is 20. The molecule has 0 spiro atoms. The summed E-state index contributed by atoms with van der Waals surface area (Å²) in [6, 6.07) is 96.2. The van der Waals surface area contributed by atoms with Crippen LogP contribution < -0.4 is 47.4 Å². The number of carbonyl (C=O) groups excluding carboxylic acids is 5. The number of unbranched alkanes of at least 4 members (excludes halogenated alkanes) is 5. The summed E-state index contributed by atoms with van der Waals surface area (Å²) in [5, 5.41) is 46.5. The lowest BCUT2D eigenvalue weighted by molar-refractivity contribution is -0.137. The predicted octanol–water partition coefficient (Wildman–Crippen LogP) is 23.5. The van der Waals surface area contributed by atoms with Gasteiger partial charge in [-0.1, -0.05) is 127 Å². The Kier molecular flexibility index (Phi) is 32.3. The van der Waals surface area contributed by atoms with Gasteiger partial charge in [0.25, 0.3) is 0 Å². The number of carbonyl (C=O) groups is 5. The fourth-order valence-electron chi connectivity index (χ4n) is 15.2. The summed E-state index contributed by atoms with van der Waals surface area (Å²) < 4.78 is 62.1. The van der Waals surface area contributed by atoms with Crippen LogP contribution in [0.2, 0.25) is 0 Å². The fourth-order valence-corrected chi connectivity index (χ4v) is 15.2. The van der Waals surface area contributed by atoms with Gasteiger partial charge in [0, 0.05) is 32.1 Å². The standard InChI is InChI=1S/C112H95N5O15/c1-76-62-92-63-94-67-104(129-109(119)13-3-8-58-124-99-49-39-88(40-50-99)83-29-19-78(72-114)20-30-83)106(131-111(121)15-5-10-60-126-101-53-43-90(44-54-101)85-33-23-80(74-116)24-34-85)69-96(94)65-97-70-107(132-112(122)16-6-11-61-127-102-55-45-91(46-56-102)86-35-25-81(75-117)26-36-86)105(130-110(120)14-4-9-59-125-100-51-41-89(42-52-100)84-31-21-79(73-115)22-32-84)68-95(97)64-93(92)66-103(76)128-108(118)12-2-7-57-123-98-47-37-87(38-48-98)82-27-17-77(71-113)18-28-82/h17-56,62,66-70H,2-16,57-61,63-65H2,1H3. The summed E-state index contributed by atoms with van der Waals surface area (Å²) in [4.78, 5) is 71.5. The van der Waals surface area contributed by atoms with E-state index in [9.17, 15) is 50.3 Å². The van der Waals surface area contributed by atoms with Crippen molar-refractivity contribution in [1.82, 2.24) is 0 Å². The molecule has 0 radical (unpaired) electrons. The van der Waals surface area contributed by atoms with E-state index in [1.807, 2.05) is 201 Å². The van der Waals surface area contributed by atoms with Crippen LogP contribution in [0.4, 0.5) is 0 Å². The lowest BCUT2D eigenvalue weighted by atomic mass is 9.93. The van der Waals surface area contributed by atoms with Gasteiger partial charge in [-0.05, 0) is 337 Å². The number of benzene rings is 13. The van der Waals surface area contributed by atoms with E-state index in [0.29, 0.717) is 187 Å². The van der Waals surface area contributed by atoms with Gasteiger partial charge in [0.1, 0.15) is 34.5 Å². The van der Waals surface area contributed by atoms with Gasteiger partial charge in [0.05, 0.1) is 91.2 Å². The SMILES string of the molecule is Cc1cc2c(cc1OC(=O)CCCCOc1ccc(-c3ccc(C#N)cc3)cc1)Cc1cc(OC(=O)CCCCOc3ccc(-c4ccc(C#N)cc4)cc3)c(OC(=O)CCCCOc3ccc(-c4ccc(C#N)cc4)cc3)cc1Cc1cc(OC(=O)CCCCOc3ccc(-c4ccc(C#N)cc4)cc3)c(OC(=O)CCCCOc3ccc(-c4ccc(C#N)cc4)cc3)cc1C2. The van der Waals surface area contributed by atoms with Crippen molar-refractivity contribution < 1.29 is 71.3 Å². The molecule has 20 nitrogen and oxygen atoms in total. The first-order valence-electron chi connectivity index (χ1n) is 44.2. The summed E-state index contributed by atoms with van der Waals surface area (Å²) >= 11 is 0. The maximum absolute atomic E-state index is 14.4. The van der Waals surface area contributed by atoms with Crippen molar-refractivity contribution in [2.24, 2.45) is 0 Å². The molecular formula is C112H95N5O15. The van der Waals surface area contributed by atoms with E-state index in [1.54, 1.807) is 84.9 Å². The predicted molar refractivity (Wildman–Crippen MR) is 500 cm³/mol. The minimum absolute atomic E-state index is 0.00553. The average Bonchev–Trinajstić information content (AvgIpc) is 1.57. The molecule has 1 aliphatic rings. The summed E-state index contributed by atoms with van der Waals surface area (Å²) in [7, 11) is 0. The molecule has 13 aromatic carbocycles. The van der Waals surface area contributed by atoms with Gasteiger partial charge in [-0.15, -0.1) is 0 Å². The molecule has 0 atom stereocenters. The van der Waals surface area contributed by atoms with Crippen LogP contribution in [-0.2, 0) is 43.2 Å². The smallest absolute Gasteiger partial charge is 0.311 e. The largest absolute Gasteiger partial charge is 0.494 e. The molecule has 0 bridgehead atoms. The molecule has 0 heterocycles. The van der Waals surface area contributed by atoms with Gasteiger partial charge >= 0.3 is 29.8 Å². The first-order chi connectivity index (χ1) is 64.6. The molecule has 0 saturated heterocycles. The number of nitrogens with zero attached hydrogens (tertiary/aromatic N) is 5. The van der Waals surface area contributed by atoms with Crippen molar-refractivity contribution in [3.8, 4) is 143 Å². The Hall–Kier alpha value is -16.3. The van der Waals surface area contributed by atoms with Crippen molar-refractivity contribution in [2.45, 2.75) is 122 Å². The van der Waals surface area contributed by atoms with Crippen LogP contribution in [0.25, 0.3) is 55.6 Å². The van der Waals surface area contributed by atoms with E-state index >= 15 is 0 Å². The van der Waals surface area contributed by atoms with E-state index in [-0.39, 0.29) is 74.4 Å². The second-order valence-corrected chi connectivity index (χ2v) is 32.0. The second-order valence-electron chi connectivity index (χ2n) is 32.0. The van der Waals surface area contributed by atoms with Crippen LogP contribution in [0.3, 0.4) is 0 Å². The van der Waals surface area contributed by atoms with Crippen LogP contribution in [0, 0.1) is 63.6 Å². The molecule has 0 N–H and O–H groups in total. The second kappa shape index (κ2) is 46.4. The van der Waals surface area contributed by atoms with Crippen molar-refractivity contribution in [3.63, 3.8) is 0 Å². The average molecular weight is 1750 g/mol. The van der Waals surface area contributed by atoms with Crippen molar-refractivity contribution in [2.75, 3.05) is 33.0 Å². The van der Waals surface area contributed by atoms with E-state index in [2.05, 4.69) is 30.3 Å². The topological polar surface area (TPSA) is 297 Å². The maximum Gasteiger partial charge on any atom is 0.311 e. The van der Waals surface area contributed by atoms with Crippen LogP contribution >= 0.6 is 0 Å². The van der Waals surface area contributed by atoms with Gasteiger partial charge in [-0.25, -0.2) is 0 Å². The summed E-state index contributed by atoms with van der Waals surface area (Å²) in [5.41, 5.74) is 17.3. The molecule has 132 heavy (non-hydrogen) atoms. The van der Waals surface area contributed by atoms with Crippen molar-refractivity contribution in [3.05, 3.63) is 346 Å². The molecule has 658 valence electrons. The molecule has 0 amide bonds. The third-order valence-electron chi connectivity index (χ3n) is 22.5. The molecule has 20 heteroatoms. The van der Waals surface area contributed by atoms with Gasteiger partial charge in [0.15, 0.2) is 23.0 Å². The van der Waals surface area contributed by atoms with Crippen LogP contribution in [0.5, 0.6) is 57.5 Å². The first kappa shape index (κ1) is 91.9. The van der Waals surface area contributed by atoms with Crippen molar-refractivity contribution >= 4 is 29.8 Å².